The highest BCUT2D eigenvalue weighted by Gasteiger charge is 2.34. The van der Waals surface area contributed by atoms with Crippen molar-refractivity contribution in [2.24, 2.45) is 0 Å². The third kappa shape index (κ3) is 2.24. The first-order valence-electron chi connectivity index (χ1n) is 5.74. The Morgan fingerprint density at radius 3 is 2.68 bits per heavy atom. The van der Waals surface area contributed by atoms with Gasteiger partial charge in [0.05, 0.1) is 12.7 Å². The van der Waals surface area contributed by atoms with Crippen LogP contribution in [0, 0.1) is 5.82 Å². The molecule has 0 aliphatic rings. The molecule has 2 aromatic rings. The second-order valence-electron chi connectivity index (χ2n) is 4.33. The summed E-state index contributed by atoms with van der Waals surface area (Å²) in [5, 5.41) is 10.7. The van der Waals surface area contributed by atoms with Crippen LogP contribution in [0.25, 0.3) is 0 Å². The molecule has 0 saturated heterocycles. The molecule has 2 rings (SSSR count). The van der Waals surface area contributed by atoms with E-state index in [9.17, 15) is 9.50 Å². The minimum absolute atomic E-state index is 0.0391. The zero-order valence-corrected chi connectivity index (χ0v) is 10.7. The van der Waals surface area contributed by atoms with Gasteiger partial charge in [0.2, 0.25) is 0 Å². The Hall–Kier alpha value is -2.14. The molecule has 5 heteroatoms. The van der Waals surface area contributed by atoms with E-state index >= 15 is 0 Å². The largest absolute Gasteiger partial charge is 0.496 e. The standard InChI is InChI=1S/C14H15FN2O2/c1-14(18,9-5-4-8-17-13(9)16)12-10(15)6-3-7-11(12)19-2/h3-8,18H,1-2H3,(H2,16,17). The van der Waals surface area contributed by atoms with E-state index in [2.05, 4.69) is 4.98 Å². The molecule has 0 bridgehead atoms. The van der Waals surface area contributed by atoms with Crippen LogP contribution in [0.5, 0.6) is 5.75 Å². The van der Waals surface area contributed by atoms with Crippen molar-refractivity contribution < 1.29 is 14.2 Å². The third-order valence-corrected chi connectivity index (χ3v) is 3.05. The summed E-state index contributed by atoms with van der Waals surface area (Å²) in [6.07, 6.45) is 1.51. The van der Waals surface area contributed by atoms with E-state index < -0.39 is 11.4 Å². The number of nitrogens with zero attached hydrogens (tertiary/aromatic N) is 1. The number of nitrogen functional groups attached to an aromatic ring is 1. The summed E-state index contributed by atoms with van der Waals surface area (Å²) in [6.45, 7) is 1.46. The fourth-order valence-corrected chi connectivity index (χ4v) is 2.11. The molecule has 19 heavy (non-hydrogen) atoms. The van der Waals surface area contributed by atoms with Gasteiger partial charge in [-0.3, -0.25) is 0 Å². The van der Waals surface area contributed by atoms with Gasteiger partial charge in [-0.05, 0) is 25.1 Å². The summed E-state index contributed by atoms with van der Waals surface area (Å²) in [7, 11) is 1.42. The number of aromatic nitrogens is 1. The summed E-state index contributed by atoms with van der Waals surface area (Å²) in [4.78, 5) is 3.91. The van der Waals surface area contributed by atoms with Gasteiger partial charge >= 0.3 is 0 Å². The number of aliphatic hydroxyl groups is 1. The number of anilines is 1. The molecule has 1 unspecified atom stereocenters. The van der Waals surface area contributed by atoms with E-state index in [4.69, 9.17) is 10.5 Å². The fraction of sp³-hybridized carbons (Fsp3) is 0.214. The lowest BCUT2D eigenvalue weighted by Gasteiger charge is -2.27. The maximum Gasteiger partial charge on any atom is 0.133 e. The van der Waals surface area contributed by atoms with Crippen LogP contribution in [0.15, 0.2) is 36.5 Å². The van der Waals surface area contributed by atoms with E-state index in [1.54, 1.807) is 18.2 Å². The zero-order valence-electron chi connectivity index (χ0n) is 10.7. The molecular weight excluding hydrogens is 247 g/mol. The van der Waals surface area contributed by atoms with Gasteiger partial charge in [0.15, 0.2) is 0 Å². The molecule has 4 nitrogen and oxygen atoms in total. The average Bonchev–Trinajstić information content (AvgIpc) is 2.38. The number of pyridine rings is 1. The molecule has 1 aromatic heterocycles. The monoisotopic (exact) mass is 262 g/mol. The van der Waals surface area contributed by atoms with Crippen molar-refractivity contribution in [1.82, 2.24) is 4.98 Å². The lowest BCUT2D eigenvalue weighted by atomic mass is 9.87. The first-order valence-corrected chi connectivity index (χ1v) is 5.74. The molecule has 1 aromatic carbocycles. The maximum absolute atomic E-state index is 14.0. The van der Waals surface area contributed by atoms with Gasteiger partial charge in [-0.1, -0.05) is 12.1 Å². The van der Waals surface area contributed by atoms with Crippen LogP contribution < -0.4 is 10.5 Å². The van der Waals surface area contributed by atoms with Gasteiger partial charge < -0.3 is 15.6 Å². The Bertz CT molecular complexity index is 600. The Balaban J connectivity index is 2.66. The van der Waals surface area contributed by atoms with E-state index in [1.807, 2.05) is 0 Å². The fourth-order valence-electron chi connectivity index (χ4n) is 2.11. The van der Waals surface area contributed by atoms with Crippen molar-refractivity contribution >= 4 is 5.82 Å². The minimum Gasteiger partial charge on any atom is -0.496 e. The van der Waals surface area contributed by atoms with Crippen LogP contribution in [0.1, 0.15) is 18.1 Å². The number of methoxy groups -OCH3 is 1. The number of hydrogen-bond donors (Lipinski definition) is 2. The zero-order chi connectivity index (χ0) is 14.0. The van der Waals surface area contributed by atoms with Gasteiger partial charge in [-0.2, -0.15) is 0 Å². The van der Waals surface area contributed by atoms with Crippen molar-refractivity contribution in [3.8, 4) is 5.75 Å². The van der Waals surface area contributed by atoms with Gasteiger partial charge in [-0.25, -0.2) is 9.37 Å². The van der Waals surface area contributed by atoms with E-state index in [0.29, 0.717) is 5.56 Å². The quantitative estimate of drug-likeness (QED) is 0.888. The molecule has 0 fully saturated rings. The second-order valence-corrected chi connectivity index (χ2v) is 4.33. The first-order chi connectivity index (χ1) is 8.98. The molecule has 3 N–H and O–H groups in total. The van der Waals surface area contributed by atoms with Crippen LogP contribution in [0.4, 0.5) is 10.2 Å². The molecule has 1 heterocycles. The summed E-state index contributed by atoms with van der Waals surface area (Å²) >= 11 is 0. The number of nitrogens with two attached hydrogens (primary N) is 1. The average molecular weight is 262 g/mol. The minimum atomic E-state index is -1.63. The first kappa shape index (κ1) is 13.3. The highest BCUT2D eigenvalue weighted by molar-refractivity contribution is 5.51. The van der Waals surface area contributed by atoms with E-state index in [1.165, 1.54) is 32.4 Å². The summed E-state index contributed by atoms with van der Waals surface area (Å²) in [5.41, 5.74) is 4.49. The number of benzene rings is 1. The van der Waals surface area contributed by atoms with Crippen molar-refractivity contribution in [2.75, 3.05) is 12.8 Å². The Labute approximate surface area is 110 Å². The summed E-state index contributed by atoms with van der Waals surface area (Å²) in [5.74, 6) is -0.154. The predicted octanol–water partition coefficient (Wildman–Crippen LogP) is 2.07. The smallest absolute Gasteiger partial charge is 0.133 e. The lowest BCUT2D eigenvalue weighted by molar-refractivity contribution is 0.0950. The van der Waals surface area contributed by atoms with E-state index in [-0.39, 0.29) is 17.1 Å². The molecular formula is C14H15FN2O2. The van der Waals surface area contributed by atoms with Crippen molar-refractivity contribution in [1.29, 1.82) is 0 Å². The van der Waals surface area contributed by atoms with E-state index in [0.717, 1.165) is 0 Å². The Morgan fingerprint density at radius 2 is 2.05 bits per heavy atom. The van der Waals surface area contributed by atoms with Crippen molar-refractivity contribution in [3.63, 3.8) is 0 Å². The van der Waals surface area contributed by atoms with Crippen molar-refractivity contribution in [2.45, 2.75) is 12.5 Å². The van der Waals surface area contributed by atoms with Gasteiger partial charge in [0.1, 0.15) is 23.0 Å². The third-order valence-electron chi connectivity index (χ3n) is 3.05. The normalized spacial score (nSPS) is 13.9. The molecule has 1 atom stereocenters. The molecule has 0 saturated carbocycles. The number of rotatable bonds is 3. The van der Waals surface area contributed by atoms with Crippen LogP contribution >= 0.6 is 0 Å². The molecule has 0 amide bonds. The predicted molar refractivity (Wildman–Crippen MR) is 70.3 cm³/mol. The molecule has 0 aliphatic carbocycles. The molecule has 0 radical (unpaired) electrons. The Morgan fingerprint density at radius 1 is 1.32 bits per heavy atom. The molecule has 100 valence electrons. The topological polar surface area (TPSA) is 68.4 Å². The number of ether oxygens (including phenoxy) is 1. The van der Waals surface area contributed by atoms with Crippen LogP contribution in [-0.4, -0.2) is 17.2 Å². The Kier molecular flexibility index (Phi) is 3.40. The van der Waals surface area contributed by atoms with Gasteiger partial charge in [0, 0.05) is 11.8 Å². The summed E-state index contributed by atoms with van der Waals surface area (Å²) < 4.78 is 19.2. The highest BCUT2D eigenvalue weighted by Crippen LogP contribution is 2.38. The second kappa shape index (κ2) is 4.85. The number of halogens is 1. The van der Waals surface area contributed by atoms with Crippen molar-refractivity contribution in [3.05, 3.63) is 53.5 Å². The SMILES string of the molecule is COc1cccc(F)c1C(C)(O)c1cccnc1N. The van der Waals surface area contributed by atoms with Gasteiger partial charge in [0.25, 0.3) is 0 Å². The maximum atomic E-state index is 14.0. The summed E-state index contributed by atoms with van der Waals surface area (Å²) in [6, 6.07) is 7.60. The van der Waals surface area contributed by atoms with Crippen LogP contribution in [0.3, 0.4) is 0 Å². The number of hydrogen-bond acceptors (Lipinski definition) is 4. The van der Waals surface area contributed by atoms with Gasteiger partial charge in [-0.15, -0.1) is 0 Å². The highest BCUT2D eigenvalue weighted by atomic mass is 19.1. The lowest BCUT2D eigenvalue weighted by Crippen LogP contribution is -2.26. The van der Waals surface area contributed by atoms with Crippen LogP contribution in [-0.2, 0) is 5.60 Å². The molecule has 0 aliphatic heterocycles. The molecule has 0 spiro atoms. The van der Waals surface area contributed by atoms with Crippen LogP contribution in [0.2, 0.25) is 0 Å².